The highest BCUT2D eigenvalue weighted by molar-refractivity contribution is 7.16. The van der Waals surface area contributed by atoms with Crippen LogP contribution in [0.25, 0.3) is 6.08 Å². The van der Waals surface area contributed by atoms with Crippen molar-refractivity contribution in [1.29, 1.82) is 0 Å². The first kappa shape index (κ1) is 20.9. The maximum absolute atomic E-state index is 9.53. The normalized spacial score (nSPS) is 13.9. The fourth-order valence-electron chi connectivity index (χ4n) is 2.84. The van der Waals surface area contributed by atoms with Gasteiger partial charge in [-0.1, -0.05) is 36.5 Å². The molecule has 3 rings (SSSR count). The molecule has 1 aliphatic rings. The molecule has 1 aromatic carbocycles. The Bertz CT molecular complexity index is 906. The van der Waals surface area contributed by atoms with Gasteiger partial charge in [0, 0.05) is 42.6 Å². The average Bonchev–Trinajstić information content (AvgIpc) is 3.06. The summed E-state index contributed by atoms with van der Waals surface area (Å²) in [5, 5.41) is 17.1. The molecule has 0 saturated heterocycles. The van der Waals surface area contributed by atoms with Crippen LogP contribution in [0, 0.1) is 0 Å². The van der Waals surface area contributed by atoms with Crippen molar-refractivity contribution in [2.24, 2.45) is 0 Å². The van der Waals surface area contributed by atoms with Crippen LogP contribution in [0.4, 0.5) is 16.5 Å². The lowest BCUT2D eigenvalue weighted by Gasteiger charge is -2.19. The molecule has 0 amide bonds. The van der Waals surface area contributed by atoms with Gasteiger partial charge in [-0.3, -0.25) is 0 Å². The Morgan fingerprint density at radius 1 is 1.24 bits per heavy atom. The van der Waals surface area contributed by atoms with Crippen molar-refractivity contribution < 1.29 is 5.11 Å². The van der Waals surface area contributed by atoms with E-state index in [9.17, 15) is 5.11 Å². The molecule has 1 aliphatic carbocycles. The summed E-state index contributed by atoms with van der Waals surface area (Å²) in [4.78, 5) is 7.78. The minimum absolute atomic E-state index is 0.309. The van der Waals surface area contributed by atoms with Crippen molar-refractivity contribution in [2.45, 2.75) is 13.3 Å². The Balaban J connectivity index is 1.55. The second kappa shape index (κ2) is 10.6. The molecule has 0 unspecified atom stereocenters. The van der Waals surface area contributed by atoms with Gasteiger partial charge < -0.3 is 20.6 Å². The molecule has 0 radical (unpaired) electrons. The minimum Gasteiger partial charge on any atom is -0.508 e. The zero-order valence-electron chi connectivity index (χ0n) is 16.9. The summed E-state index contributed by atoms with van der Waals surface area (Å²) in [5.41, 5.74) is 3.36. The molecule has 0 spiro atoms. The number of aliphatic hydroxyl groups excluding tert-OH is 1. The number of nitrogens with one attached hydrogen (secondary N) is 2. The van der Waals surface area contributed by atoms with Crippen LogP contribution >= 0.6 is 11.3 Å². The number of aliphatic hydroxyl groups is 1. The molecule has 2 aromatic rings. The quantitative estimate of drug-likeness (QED) is 0.493. The molecule has 5 nitrogen and oxygen atoms in total. The standard InChI is InChI=1S/C23H28N4OS/c1-3-24-15-16-27(2)20-11-9-19(10-12-20)26-23-25-17-22(29-23)14-8-18-5-4-6-21(28)13-7-18/h4-6,8-14,17,24,28H,3,7,15-16H2,1-2H3,(H,25,26)/b14-8+. The van der Waals surface area contributed by atoms with E-state index < -0.39 is 0 Å². The van der Waals surface area contributed by atoms with Crippen molar-refractivity contribution in [1.82, 2.24) is 10.3 Å². The lowest BCUT2D eigenvalue weighted by Crippen LogP contribution is -2.28. The van der Waals surface area contributed by atoms with Crippen molar-refractivity contribution in [3.63, 3.8) is 0 Å². The van der Waals surface area contributed by atoms with E-state index in [2.05, 4.69) is 70.9 Å². The van der Waals surface area contributed by atoms with E-state index >= 15 is 0 Å². The van der Waals surface area contributed by atoms with Crippen molar-refractivity contribution in [2.75, 3.05) is 36.9 Å². The third-order valence-corrected chi connectivity index (χ3v) is 5.42. The van der Waals surface area contributed by atoms with E-state index in [1.165, 1.54) is 5.69 Å². The lowest BCUT2D eigenvalue weighted by molar-refractivity contribution is 0.430. The van der Waals surface area contributed by atoms with Gasteiger partial charge in [-0.15, -0.1) is 0 Å². The molecular formula is C23H28N4OS. The Hall–Kier alpha value is -2.83. The zero-order valence-corrected chi connectivity index (χ0v) is 17.7. The Labute approximate surface area is 176 Å². The summed E-state index contributed by atoms with van der Waals surface area (Å²) in [6.45, 7) is 5.07. The van der Waals surface area contributed by atoms with E-state index in [1.807, 2.05) is 18.3 Å². The number of rotatable bonds is 9. The monoisotopic (exact) mass is 408 g/mol. The predicted molar refractivity (Wildman–Crippen MR) is 125 cm³/mol. The molecule has 0 aliphatic heterocycles. The van der Waals surface area contributed by atoms with E-state index in [-0.39, 0.29) is 0 Å². The maximum Gasteiger partial charge on any atom is 0.187 e. The van der Waals surface area contributed by atoms with Gasteiger partial charge in [-0.25, -0.2) is 4.98 Å². The van der Waals surface area contributed by atoms with Crippen LogP contribution in [-0.4, -0.2) is 36.8 Å². The van der Waals surface area contributed by atoms with Gasteiger partial charge in [0.15, 0.2) is 5.13 Å². The Morgan fingerprint density at radius 2 is 2.07 bits per heavy atom. The van der Waals surface area contributed by atoms with Gasteiger partial charge in [0.2, 0.25) is 0 Å². The summed E-state index contributed by atoms with van der Waals surface area (Å²) in [5.74, 6) is 0.309. The lowest BCUT2D eigenvalue weighted by atomic mass is 10.1. The largest absolute Gasteiger partial charge is 0.508 e. The van der Waals surface area contributed by atoms with Crippen LogP contribution in [0.2, 0.25) is 0 Å². The van der Waals surface area contributed by atoms with Gasteiger partial charge in [0.1, 0.15) is 5.76 Å². The topological polar surface area (TPSA) is 60.4 Å². The molecule has 3 N–H and O–H groups in total. The molecule has 1 aromatic heterocycles. The van der Waals surface area contributed by atoms with Crippen LogP contribution < -0.4 is 15.5 Å². The molecule has 0 saturated carbocycles. The van der Waals surface area contributed by atoms with Gasteiger partial charge in [0.25, 0.3) is 0 Å². The predicted octanol–water partition coefficient (Wildman–Crippen LogP) is 5.27. The molecule has 1 heterocycles. The number of anilines is 3. The van der Waals surface area contributed by atoms with Gasteiger partial charge >= 0.3 is 0 Å². The first-order chi connectivity index (χ1) is 14.1. The summed E-state index contributed by atoms with van der Waals surface area (Å²) < 4.78 is 0. The number of hydrogen-bond donors (Lipinski definition) is 3. The Morgan fingerprint density at radius 3 is 2.86 bits per heavy atom. The smallest absolute Gasteiger partial charge is 0.187 e. The molecule has 152 valence electrons. The van der Waals surface area contributed by atoms with Crippen LogP contribution in [-0.2, 0) is 0 Å². The summed E-state index contributed by atoms with van der Waals surface area (Å²) in [6, 6.07) is 8.41. The highest BCUT2D eigenvalue weighted by Gasteiger charge is 2.04. The third kappa shape index (κ3) is 6.62. The highest BCUT2D eigenvalue weighted by atomic mass is 32.1. The van der Waals surface area contributed by atoms with Crippen LogP contribution in [0.15, 0.2) is 72.2 Å². The van der Waals surface area contributed by atoms with Crippen LogP contribution in [0.1, 0.15) is 18.2 Å². The molecule has 0 bridgehead atoms. The van der Waals surface area contributed by atoms with E-state index in [0.29, 0.717) is 12.2 Å². The molecule has 0 atom stereocenters. The number of hydrogen-bond acceptors (Lipinski definition) is 6. The number of benzene rings is 1. The number of likely N-dealkylation sites (N-methyl/N-ethyl adjacent to an activating group) is 2. The van der Waals surface area contributed by atoms with E-state index in [0.717, 1.165) is 40.9 Å². The molecule has 29 heavy (non-hydrogen) atoms. The summed E-state index contributed by atoms with van der Waals surface area (Å²) >= 11 is 1.61. The second-order valence-electron chi connectivity index (χ2n) is 6.78. The molecule has 0 fully saturated rings. The van der Waals surface area contributed by atoms with E-state index in [1.54, 1.807) is 23.5 Å². The van der Waals surface area contributed by atoms with Crippen LogP contribution in [0.5, 0.6) is 0 Å². The highest BCUT2D eigenvalue weighted by Crippen LogP contribution is 2.25. The Kier molecular flexibility index (Phi) is 7.67. The zero-order chi connectivity index (χ0) is 20.5. The summed E-state index contributed by atoms with van der Waals surface area (Å²) in [7, 11) is 2.11. The molecule has 6 heteroatoms. The fraction of sp³-hybridized carbons (Fsp3) is 0.261. The maximum atomic E-state index is 9.53. The first-order valence-corrected chi connectivity index (χ1v) is 10.6. The van der Waals surface area contributed by atoms with Crippen molar-refractivity contribution in [3.05, 3.63) is 77.1 Å². The first-order valence-electron chi connectivity index (χ1n) is 9.83. The van der Waals surface area contributed by atoms with Crippen molar-refractivity contribution >= 4 is 33.9 Å². The van der Waals surface area contributed by atoms with Crippen molar-refractivity contribution in [3.8, 4) is 0 Å². The average molecular weight is 409 g/mol. The van der Waals surface area contributed by atoms with Crippen LogP contribution in [0.3, 0.4) is 0 Å². The van der Waals surface area contributed by atoms with Gasteiger partial charge in [0.05, 0.1) is 0 Å². The fourth-order valence-corrected chi connectivity index (χ4v) is 3.58. The second-order valence-corrected chi connectivity index (χ2v) is 7.84. The minimum atomic E-state index is 0.309. The number of thiazole rings is 1. The van der Waals surface area contributed by atoms with Gasteiger partial charge in [-0.2, -0.15) is 0 Å². The molecular weight excluding hydrogens is 380 g/mol. The van der Waals surface area contributed by atoms with E-state index in [4.69, 9.17) is 0 Å². The number of nitrogens with zero attached hydrogens (tertiary/aromatic N) is 2. The summed E-state index contributed by atoms with van der Waals surface area (Å²) in [6.07, 6.45) is 14.1. The third-order valence-electron chi connectivity index (χ3n) is 4.54. The number of aromatic nitrogens is 1. The SMILES string of the molecule is CCNCCN(C)c1ccc(Nc2ncc(/C=C/C3=CC=CC(O)=CC3)s2)cc1. The van der Waals surface area contributed by atoms with Gasteiger partial charge in [-0.05, 0) is 61.0 Å². The number of allylic oxidation sites excluding steroid dienone is 6.